The summed E-state index contributed by atoms with van der Waals surface area (Å²) >= 11 is 0. The number of carbonyl (C=O) groups excluding carboxylic acids is 3. The van der Waals surface area contributed by atoms with Crippen LogP contribution in [0.15, 0.2) is 73.1 Å². The second-order valence-corrected chi connectivity index (χ2v) is 6.33. The Kier molecular flexibility index (Phi) is 6.32. The van der Waals surface area contributed by atoms with E-state index in [1.54, 1.807) is 60.9 Å². The number of carbonyl (C=O) groups is 3. The maximum Gasteiger partial charge on any atom is 0.255 e. The minimum atomic E-state index is -0.291. The van der Waals surface area contributed by atoms with Crippen LogP contribution in [-0.2, 0) is 11.3 Å². The van der Waals surface area contributed by atoms with Crippen LogP contribution in [0.4, 0.5) is 11.4 Å². The summed E-state index contributed by atoms with van der Waals surface area (Å²) in [4.78, 5) is 39.6. The number of amides is 3. The molecule has 0 bridgehead atoms. The molecule has 3 aromatic rings. The second-order valence-electron chi connectivity index (χ2n) is 6.33. The number of anilines is 2. The third kappa shape index (κ3) is 5.74. The Labute approximate surface area is 168 Å². The molecule has 0 spiro atoms. The number of aromatic nitrogens is 1. The van der Waals surface area contributed by atoms with Crippen molar-refractivity contribution >= 4 is 29.1 Å². The van der Waals surface area contributed by atoms with Gasteiger partial charge in [0.2, 0.25) is 5.91 Å². The maximum atomic E-state index is 12.4. The molecule has 7 nitrogen and oxygen atoms in total. The van der Waals surface area contributed by atoms with Gasteiger partial charge in [0.15, 0.2) is 0 Å². The van der Waals surface area contributed by atoms with Crippen molar-refractivity contribution in [2.24, 2.45) is 0 Å². The number of hydrogen-bond donors (Lipinski definition) is 3. The lowest BCUT2D eigenvalue weighted by Gasteiger charge is -2.08. The third-order valence-electron chi connectivity index (χ3n) is 4.07. The first kappa shape index (κ1) is 19.8. The lowest BCUT2D eigenvalue weighted by atomic mass is 10.1. The molecule has 7 heteroatoms. The van der Waals surface area contributed by atoms with E-state index in [4.69, 9.17) is 0 Å². The molecule has 146 valence electrons. The van der Waals surface area contributed by atoms with Crippen LogP contribution >= 0.6 is 0 Å². The van der Waals surface area contributed by atoms with E-state index in [0.29, 0.717) is 29.0 Å². The summed E-state index contributed by atoms with van der Waals surface area (Å²) in [5, 5.41) is 8.26. The van der Waals surface area contributed by atoms with Crippen LogP contribution in [0.2, 0.25) is 0 Å². The van der Waals surface area contributed by atoms with Gasteiger partial charge in [-0.3, -0.25) is 19.4 Å². The highest BCUT2D eigenvalue weighted by Crippen LogP contribution is 2.15. The molecule has 0 saturated carbocycles. The Bertz CT molecular complexity index is 1000. The molecule has 0 saturated heterocycles. The highest BCUT2D eigenvalue weighted by Gasteiger charge is 2.09. The quantitative estimate of drug-likeness (QED) is 0.604. The fourth-order valence-electron chi connectivity index (χ4n) is 2.60. The van der Waals surface area contributed by atoms with Gasteiger partial charge in [0.05, 0.1) is 0 Å². The Hall–Kier alpha value is -4.00. The van der Waals surface area contributed by atoms with E-state index in [2.05, 4.69) is 20.9 Å². The van der Waals surface area contributed by atoms with Crippen LogP contribution < -0.4 is 16.0 Å². The molecule has 0 atom stereocenters. The zero-order valence-corrected chi connectivity index (χ0v) is 15.8. The summed E-state index contributed by atoms with van der Waals surface area (Å²) in [6, 6.07) is 16.9. The van der Waals surface area contributed by atoms with Gasteiger partial charge >= 0.3 is 0 Å². The summed E-state index contributed by atoms with van der Waals surface area (Å²) in [5.74, 6) is -0.671. The van der Waals surface area contributed by atoms with Crippen molar-refractivity contribution in [1.82, 2.24) is 10.3 Å². The molecule has 0 aliphatic heterocycles. The Morgan fingerprint density at radius 2 is 1.24 bits per heavy atom. The Morgan fingerprint density at radius 3 is 1.79 bits per heavy atom. The van der Waals surface area contributed by atoms with Crippen molar-refractivity contribution < 1.29 is 14.4 Å². The minimum Gasteiger partial charge on any atom is -0.348 e. The molecular formula is C22H20N4O3. The van der Waals surface area contributed by atoms with Crippen molar-refractivity contribution in [3.63, 3.8) is 0 Å². The van der Waals surface area contributed by atoms with Crippen molar-refractivity contribution in [2.75, 3.05) is 10.6 Å². The van der Waals surface area contributed by atoms with Crippen LogP contribution in [-0.4, -0.2) is 22.7 Å². The molecule has 0 aliphatic carbocycles. The highest BCUT2D eigenvalue weighted by atomic mass is 16.2. The molecular weight excluding hydrogens is 368 g/mol. The summed E-state index contributed by atoms with van der Waals surface area (Å²) < 4.78 is 0. The number of nitrogens with one attached hydrogen (secondary N) is 3. The molecule has 2 aromatic carbocycles. The first-order valence-corrected chi connectivity index (χ1v) is 8.97. The SMILES string of the molecule is CC(=O)Nc1ccc(NC(=O)c2ccc(C(=O)NCc3ccncc3)cc2)cc1. The predicted octanol–water partition coefficient (Wildman–Crippen LogP) is 3.22. The predicted molar refractivity (Wildman–Crippen MR) is 111 cm³/mol. The monoisotopic (exact) mass is 388 g/mol. The molecule has 29 heavy (non-hydrogen) atoms. The van der Waals surface area contributed by atoms with Crippen LogP contribution in [0.3, 0.4) is 0 Å². The first-order valence-electron chi connectivity index (χ1n) is 8.97. The van der Waals surface area contributed by atoms with E-state index in [-0.39, 0.29) is 17.7 Å². The maximum absolute atomic E-state index is 12.4. The van der Waals surface area contributed by atoms with Crippen molar-refractivity contribution in [3.05, 3.63) is 89.7 Å². The van der Waals surface area contributed by atoms with Crippen molar-refractivity contribution in [2.45, 2.75) is 13.5 Å². The van der Waals surface area contributed by atoms with Gasteiger partial charge in [-0.1, -0.05) is 0 Å². The number of nitrogens with zero attached hydrogens (tertiary/aromatic N) is 1. The molecule has 0 unspecified atom stereocenters. The largest absolute Gasteiger partial charge is 0.348 e. The van der Waals surface area contributed by atoms with Crippen LogP contribution in [0.25, 0.3) is 0 Å². The molecule has 1 heterocycles. The van der Waals surface area contributed by atoms with Gasteiger partial charge in [0, 0.05) is 48.4 Å². The third-order valence-corrected chi connectivity index (χ3v) is 4.07. The first-order chi connectivity index (χ1) is 14.0. The zero-order valence-electron chi connectivity index (χ0n) is 15.8. The van der Waals surface area contributed by atoms with Gasteiger partial charge in [-0.15, -0.1) is 0 Å². The average molecular weight is 388 g/mol. The van der Waals surface area contributed by atoms with E-state index in [0.717, 1.165) is 5.56 Å². The van der Waals surface area contributed by atoms with E-state index in [1.165, 1.54) is 6.92 Å². The van der Waals surface area contributed by atoms with Crippen LogP contribution in [0.5, 0.6) is 0 Å². The van der Waals surface area contributed by atoms with Gasteiger partial charge in [0.25, 0.3) is 11.8 Å². The fourth-order valence-corrected chi connectivity index (χ4v) is 2.60. The molecule has 1 aromatic heterocycles. The molecule has 3 rings (SSSR count). The smallest absolute Gasteiger partial charge is 0.255 e. The topological polar surface area (TPSA) is 100 Å². The van der Waals surface area contributed by atoms with Gasteiger partial charge in [0.1, 0.15) is 0 Å². The normalized spacial score (nSPS) is 10.1. The van der Waals surface area contributed by atoms with Gasteiger partial charge in [-0.2, -0.15) is 0 Å². The van der Waals surface area contributed by atoms with Crippen molar-refractivity contribution in [1.29, 1.82) is 0 Å². The minimum absolute atomic E-state index is 0.160. The number of benzene rings is 2. The van der Waals surface area contributed by atoms with E-state index < -0.39 is 0 Å². The summed E-state index contributed by atoms with van der Waals surface area (Å²) in [6.07, 6.45) is 3.34. The molecule has 0 aliphatic rings. The van der Waals surface area contributed by atoms with Crippen molar-refractivity contribution in [3.8, 4) is 0 Å². The van der Waals surface area contributed by atoms with Crippen LogP contribution in [0.1, 0.15) is 33.2 Å². The molecule has 3 N–H and O–H groups in total. The van der Waals surface area contributed by atoms with E-state index in [1.807, 2.05) is 12.1 Å². The summed E-state index contributed by atoms with van der Waals surface area (Å²) in [7, 11) is 0. The second kappa shape index (κ2) is 9.27. The lowest BCUT2D eigenvalue weighted by Crippen LogP contribution is -2.23. The highest BCUT2D eigenvalue weighted by molar-refractivity contribution is 6.05. The summed E-state index contributed by atoms with van der Waals surface area (Å²) in [6.45, 7) is 1.83. The molecule has 3 amide bonds. The van der Waals surface area contributed by atoms with E-state index in [9.17, 15) is 14.4 Å². The number of rotatable bonds is 6. The van der Waals surface area contributed by atoms with E-state index >= 15 is 0 Å². The standard InChI is InChI=1S/C22H20N4O3/c1-15(27)25-19-6-8-20(9-7-19)26-22(29)18-4-2-17(3-5-18)21(28)24-14-16-10-12-23-13-11-16/h2-13H,14H2,1H3,(H,24,28)(H,25,27)(H,26,29). The molecule has 0 radical (unpaired) electrons. The Balaban J connectivity index is 1.56. The zero-order chi connectivity index (χ0) is 20.6. The fraction of sp³-hybridized carbons (Fsp3) is 0.0909. The average Bonchev–Trinajstić information content (AvgIpc) is 2.74. The van der Waals surface area contributed by atoms with Gasteiger partial charge in [-0.25, -0.2) is 0 Å². The number of hydrogen-bond acceptors (Lipinski definition) is 4. The molecule has 0 fully saturated rings. The van der Waals surface area contributed by atoms with Gasteiger partial charge in [-0.05, 0) is 66.2 Å². The van der Waals surface area contributed by atoms with Crippen LogP contribution in [0, 0.1) is 0 Å². The Morgan fingerprint density at radius 1 is 0.724 bits per heavy atom. The number of pyridine rings is 1. The van der Waals surface area contributed by atoms with Gasteiger partial charge < -0.3 is 16.0 Å². The summed E-state index contributed by atoms with van der Waals surface area (Å²) in [5.41, 5.74) is 3.10. The lowest BCUT2D eigenvalue weighted by molar-refractivity contribution is -0.114.